The molecule has 1 amide bonds. The summed E-state index contributed by atoms with van der Waals surface area (Å²) in [4.78, 5) is 11.8. The number of phenolic OH excluding ortho intramolecular Hbond substituents is 1. The van der Waals surface area contributed by atoms with Crippen LogP contribution in [-0.2, 0) is 11.3 Å². The van der Waals surface area contributed by atoms with E-state index >= 15 is 0 Å². The van der Waals surface area contributed by atoms with E-state index in [2.05, 4.69) is 17.6 Å². The summed E-state index contributed by atoms with van der Waals surface area (Å²) in [5.74, 6) is 0.267. The number of ether oxygens (including phenoxy) is 1. The van der Waals surface area contributed by atoms with Crippen molar-refractivity contribution < 1.29 is 14.6 Å². The van der Waals surface area contributed by atoms with E-state index < -0.39 is 5.60 Å². The van der Waals surface area contributed by atoms with Crippen molar-refractivity contribution >= 4 is 6.09 Å². The third-order valence-electron chi connectivity index (χ3n) is 3.33. The molecule has 0 aliphatic carbocycles. The molecule has 1 rings (SSSR count). The summed E-state index contributed by atoms with van der Waals surface area (Å²) < 4.78 is 5.26. The minimum absolute atomic E-state index is 0.191. The largest absolute Gasteiger partial charge is 0.508 e. The second-order valence-corrected chi connectivity index (χ2v) is 6.77. The fourth-order valence-corrected chi connectivity index (χ4v) is 2.12. The van der Waals surface area contributed by atoms with Crippen molar-refractivity contribution in [2.75, 3.05) is 6.54 Å². The molecular formula is C18H30N2O3. The van der Waals surface area contributed by atoms with Crippen LogP contribution in [0.3, 0.4) is 0 Å². The zero-order valence-electron chi connectivity index (χ0n) is 14.7. The average Bonchev–Trinajstić information content (AvgIpc) is 2.46. The minimum Gasteiger partial charge on any atom is -0.508 e. The molecule has 0 saturated heterocycles. The van der Waals surface area contributed by atoms with Crippen LogP contribution in [0.1, 0.15) is 52.5 Å². The van der Waals surface area contributed by atoms with Gasteiger partial charge in [-0.05, 0) is 44.9 Å². The number of aromatic hydroxyl groups is 1. The Labute approximate surface area is 139 Å². The molecule has 5 heteroatoms. The number of alkyl carbamates (subject to hydrolysis) is 1. The van der Waals surface area contributed by atoms with Crippen LogP contribution in [0, 0.1) is 0 Å². The molecule has 0 bridgehead atoms. The maximum absolute atomic E-state index is 11.8. The lowest BCUT2D eigenvalue weighted by Crippen LogP contribution is -2.42. The molecule has 0 saturated carbocycles. The topological polar surface area (TPSA) is 70.6 Å². The highest BCUT2D eigenvalue weighted by Crippen LogP contribution is 2.10. The van der Waals surface area contributed by atoms with Crippen molar-refractivity contribution in [2.45, 2.75) is 65.1 Å². The zero-order valence-corrected chi connectivity index (χ0v) is 14.7. The fraction of sp³-hybridized carbons (Fsp3) is 0.611. The van der Waals surface area contributed by atoms with E-state index in [-0.39, 0.29) is 17.9 Å². The molecule has 3 N–H and O–H groups in total. The molecule has 0 aliphatic rings. The molecule has 1 atom stereocenters. The Bertz CT molecular complexity index is 466. The van der Waals surface area contributed by atoms with Crippen LogP contribution in [0.5, 0.6) is 5.75 Å². The smallest absolute Gasteiger partial charge is 0.407 e. The van der Waals surface area contributed by atoms with Gasteiger partial charge in [-0.15, -0.1) is 0 Å². The first-order valence-corrected chi connectivity index (χ1v) is 8.28. The van der Waals surface area contributed by atoms with Crippen molar-refractivity contribution in [2.24, 2.45) is 0 Å². The maximum atomic E-state index is 11.8. The van der Waals surface area contributed by atoms with Crippen molar-refractivity contribution in [1.29, 1.82) is 0 Å². The van der Waals surface area contributed by atoms with Gasteiger partial charge in [0.15, 0.2) is 0 Å². The van der Waals surface area contributed by atoms with Crippen LogP contribution >= 0.6 is 0 Å². The third kappa shape index (κ3) is 9.08. The number of unbranched alkanes of at least 4 members (excludes halogenated alkanes) is 1. The molecule has 130 valence electrons. The molecule has 23 heavy (non-hydrogen) atoms. The summed E-state index contributed by atoms with van der Waals surface area (Å²) in [5, 5.41) is 15.6. The second kappa shape index (κ2) is 9.40. The fourth-order valence-electron chi connectivity index (χ4n) is 2.12. The van der Waals surface area contributed by atoms with Gasteiger partial charge < -0.3 is 20.5 Å². The number of rotatable bonds is 8. The van der Waals surface area contributed by atoms with Crippen molar-refractivity contribution in [1.82, 2.24) is 10.6 Å². The van der Waals surface area contributed by atoms with E-state index in [1.807, 2.05) is 32.9 Å². The summed E-state index contributed by atoms with van der Waals surface area (Å²) in [6, 6.07) is 7.32. The van der Waals surface area contributed by atoms with Gasteiger partial charge >= 0.3 is 6.09 Å². The van der Waals surface area contributed by atoms with E-state index in [9.17, 15) is 9.90 Å². The van der Waals surface area contributed by atoms with E-state index in [1.165, 1.54) is 0 Å². The summed E-state index contributed by atoms with van der Waals surface area (Å²) in [7, 11) is 0. The lowest BCUT2D eigenvalue weighted by atomic mass is 10.1. The molecule has 0 fully saturated rings. The van der Waals surface area contributed by atoms with Gasteiger partial charge in [0, 0.05) is 19.1 Å². The lowest BCUT2D eigenvalue weighted by Gasteiger charge is -2.23. The summed E-state index contributed by atoms with van der Waals surface area (Å²) in [6.07, 6.45) is 2.82. The van der Waals surface area contributed by atoms with Crippen LogP contribution in [-0.4, -0.2) is 29.4 Å². The van der Waals surface area contributed by atoms with Crippen LogP contribution in [0.15, 0.2) is 24.3 Å². The predicted octanol–water partition coefficient (Wildman–Crippen LogP) is 3.57. The highest BCUT2D eigenvalue weighted by Gasteiger charge is 2.17. The zero-order chi connectivity index (χ0) is 17.3. The van der Waals surface area contributed by atoms with E-state index in [4.69, 9.17) is 4.74 Å². The Balaban J connectivity index is 2.45. The summed E-state index contributed by atoms with van der Waals surface area (Å²) in [5.41, 5.74) is 0.615. The molecule has 1 unspecified atom stereocenters. The number of hydrogen-bond acceptors (Lipinski definition) is 4. The van der Waals surface area contributed by atoms with Crippen LogP contribution in [0.25, 0.3) is 0 Å². The standard InChI is InChI=1S/C18H30N2O3/c1-5-6-7-15(13-20-17(22)23-18(2,3)4)19-12-14-8-10-16(21)11-9-14/h8-11,15,19,21H,5-7,12-13H2,1-4H3,(H,20,22). The first kappa shape index (κ1) is 19.3. The Morgan fingerprint density at radius 2 is 1.91 bits per heavy atom. The second-order valence-electron chi connectivity index (χ2n) is 6.77. The maximum Gasteiger partial charge on any atom is 0.407 e. The molecule has 1 aromatic carbocycles. The van der Waals surface area contributed by atoms with Gasteiger partial charge in [0.25, 0.3) is 0 Å². The highest BCUT2D eigenvalue weighted by molar-refractivity contribution is 5.67. The van der Waals surface area contributed by atoms with E-state index in [0.717, 1.165) is 24.8 Å². The summed E-state index contributed by atoms with van der Waals surface area (Å²) >= 11 is 0. The van der Waals surface area contributed by atoms with Gasteiger partial charge in [-0.2, -0.15) is 0 Å². The molecule has 0 aliphatic heterocycles. The number of benzene rings is 1. The highest BCUT2D eigenvalue weighted by atomic mass is 16.6. The normalized spacial score (nSPS) is 12.7. The number of carbonyl (C=O) groups excluding carboxylic acids is 1. The van der Waals surface area contributed by atoms with E-state index in [1.54, 1.807) is 12.1 Å². The minimum atomic E-state index is -0.484. The summed E-state index contributed by atoms with van der Waals surface area (Å²) in [6.45, 7) is 8.94. The van der Waals surface area contributed by atoms with Gasteiger partial charge in [0.2, 0.25) is 0 Å². The molecular weight excluding hydrogens is 292 g/mol. The van der Waals surface area contributed by atoms with Gasteiger partial charge in [-0.1, -0.05) is 31.9 Å². The Morgan fingerprint density at radius 3 is 2.48 bits per heavy atom. The predicted molar refractivity (Wildman–Crippen MR) is 92.5 cm³/mol. The Kier molecular flexibility index (Phi) is 7.89. The molecule has 0 aromatic heterocycles. The lowest BCUT2D eigenvalue weighted by molar-refractivity contribution is 0.0521. The van der Waals surface area contributed by atoms with Crippen LogP contribution < -0.4 is 10.6 Å². The molecule has 1 aromatic rings. The SMILES string of the molecule is CCCCC(CNC(=O)OC(C)(C)C)NCc1ccc(O)cc1. The average molecular weight is 322 g/mol. The monoisotopic (exact) mass is 322 g/mol. The number of carbonyl (C=O) groups is 1. The van der Waals surface area contributed by atoms with E-state index in [0.29, 0.717) is 13.1 Å². The number of phenols is 1. The van der Waals surface area contributed by atoms with Crippen molar-refractivity contribution in [3.05, 3.63) is 29.8 Å². The number of hydrogen-bond donors (Lipinski definition) is 3. The van der Waals surface area contributed by atoms with Crippen molar-refractivity contribution in [3.8, 4) is 5.75 Å². The number of amides is 1. The first-order chi connectivity index (χ1) is 10.8. The molecule has 0 spiro atoms. The Morgan fingerprint density at radius 1 is 1.26 bits per heavy atom. The van der Waals surface area contributed by atoms with Crippen LogP contribution in [0.4, 0.5) is 4.79 Å². The van der Waals surface area contributed by atoms with Gasteiger partial charge in [-0.25, -0.2) is 4.79 Å². The molecule has 0 radical (unpaired) electrons. The first-order valence-electron chi connectivity index (χ1n) is 8.28. The molecule has 0 heterocycles. The van der Waals surface area contributed by atoms with Gasteiger partial charge in [0.05, 0.1) is 0 Å². The Hall–Kier alpha value is -1.75. The number of nitrogens with one attached hydrogen (secondary N) is 2. The van der Waals surface area contributed by atoms with Crippen molar-refractivity contribution in [3.63, 3.8) is 0 Å². The van der Waals surface area contributed by atoms with Gasteiger partial charge in [-0.3, -0.25) is 0 Å². The molecule has 5 nitrogen and oxygen atoms in total. The quantitative estimate of drug-likeness (QED) is 0.684. The third-order valence-corrected chi connectivity index (χ3v) is 3.33. The van der Waals surface area contributed by atoms with Crippen LogP contribution in [0.2, 0.25) is 0 Å². The van der Waals surface area contributed by atoms with Gasteiger partial charge in [0.1, 0.15) is 11.4 Å².